The molecule has 0 aromatic heterocycles. The van der Waals surface area contributed by atoms with Crippen LogP contribution in [0.5, 0.6) is 0 Å². The fourth-order valence-electron chi connectivity index (χ4n) is 4.98. The zero-order valence-corrected chi connectivity index (χ0v) is 24.6. The van der Waals surface area contributed by atoms with Crippen molar-refractivity contribution in [2.24, 2.45) is 0 Å². The highest BCUT2D eigenvalue weighted by molar-refractivity contribution is 7.89. The first-order chi connectivity index (χ1) is 20.2. The summed E-state index contributed by atoms with van der Waals surface area (Å²) < 4.78 is 46.4. The number of nitrogens with zero attached hydrogens (tertiary/aromatic N) is 1. The third-order valence-corrected chi connectivity index (χ3v) is 8.82. The molecule has 3 aromatic carbocycles. The predicted octanol–water partition coefficient (Wildman–Crippen LogP) is 3.99. The molecule has 42 heavy (non-hydrogen) atoms. The molecule has 1 fully saturated rings. The summed E-state index contributed by atoms with van der Waals surface area (Å²) in [6, 6.07) is 21.0. The van der Waals surface area contributed by atoms with E-state index in [1.54, 1.807) is 36.1 Å². The average molecular weight is 596 g/mol. The van der Waals surface area contributed by atoms with Crippen molar-refractivity contribution in [2.75, 3.05) is 19.7 Å². The number of benzene rings is 3. The molecular weight excluding hydrogens is 557 g/mol. The van der Waals surface area contributed by atoms with E-state index >= 15 is 0 Å². The van der Waals surface area contributed by atoms with Gasteiger partial charge in [0.15, 0.2) is 0 Å². The minimum atomic E-state index is -3.58. The first-order valence-corrected chi connectivity index (χ1v) is 15.8. The minimum absolute atomic E-state index is 0.0492. The standard InChI is InChI=1S/C32H38FN3O5S/c1-2-35-42(39,40)29-17-12-24(13-18-29)14-19-31(37)36(23-26-10-15-27(33)16-11-26)30(21-25-7-4-3-5-8-25)32(38)34-22-28-9-6-20-41-28/h3-5,7-8,10-13,15-18,28,30,35H,2,6,9,14,19-23H2,1H3,(H,34,38)/t28-,30+/m1/s1. The molecule has 1 aliphatic heterocycles. The summed E-state index contributed by atoms with van der Waals surface area (Å²) >= 11 is 0. The number of sulfonamides is 1. The fraction of sp³-hybridized carbons (Fsp3) is 0.375. The van der Waals surface area contributed by atoms with E-state index in [0.29, 0.717) is 31.6 Å². The fourth-order valence-corrected chi connectivity index (χ4v) is 6.02. The van der Waals surface area contributed by atoms with Gasteiger partial charge in [0.05, 0.1) is 11.0 Å². The van der Waals surface area contributed by atoms with Crippen LogP contribution in [0, 0.1) is 5.82 Å². The first-order valence-electron chi connectivity index (χ1n) is 14.3. The molecule has 1 saturated heterocycles. The molecule has 2 amide bonds. The van der Waals surface area contributed by atoms with Gasteiger partial charge in [0.1, 0.15) is 11.9 Å². The zero-order valence-electron chi connectivity index (χ0n) is 23.8. The third-order valence-electron chi connectivity index (χ3n) is 7.26. The Kier molecular flexibility index (Phi) is 11.2. The Labute approximate surface area is 247 Å². The third kappa shape index (κ3) is 8.95. The maximum atomic E-state index is 13.8. The highest BCUT2D eigenvalue weighted by atomic mass is 32.2. The lowest BCUT2D eigenvalue weighted by Gasteiger charge is -2.32. The van der Waals surface area contributed by atoms with Crippen molar-refractivity contribution in [3.05, 3.63) is 101 Å². The lowest BCUT2D eigenvalue weighted by atomic mass is 10.0. The Balaban J connectivity index is 1.55. The van der Waals surface area contributed by atoms with Crippen molar-refractivity contribution in [1.82, 2.24) is 14.9 Å². The van der Waals surface area contributed by atoms with E-state index < -0.39 is 16.1 Å². The largest absolute Gasteiger partial charge is 0.376 e. The number of ether oxygens (including phenoxy) is 1. The quantitative estimate of drug-likeness (QED) is 0.293. The SMILES string of the molecule is CCNS(=O)(=O)c1ccc(CCC(=O)N(Cc2ccc(F)cc2)[C@@H](Cc2ccccc2)C(=O)NC[C@H]2CCCO2)cc1. The monoisotopic (exact) mass is 595 g/mol. The summed E-state index contributed by atoms with van der Waals surface area (Å²) in [4.78, 5) is 29.2. The maximum absolute atomic E-state index is 13.8. The molecule has 0 aliphatic carbocycles. The molecular formula is C32H38FN3O5S. The summed E-state index contributed by atoms with van der Waals surface area (Å²) in [5, 5.41) is 3.00. The molecule has 1 heterocycles. The van der Waals surface area contributed by atoms with E-state index in [1.807, 2.05) is 30.3 Å². The Morgan fingerprint density at radius 2 is 1.67 bits per heavy atom. The molecule has 8 nitrogen and oxygen atoms in total. The molecule has 3 aromatic rings. The normalized spacial score (nSPS) is 15.7. The van der Waals surface area contributed by atoms with Crippen molar-refractivity contribution in [3.63, 3.8) is 0 Å². The van der Waals surface area contributed by atoms with Crippen molar-refractivity contribution in [1.29, 1.82) is 0 Å². The summed E-state index contributed by atoms with van der Waals surface area (Å²) in [5.74, 6) is -0.897. The molecule has 1 aliphatic rings. The van der Waals surface area contributed by atoms with Gasteiger partial charge in [-0.05, 0) is 60.2 Å². The maximum Gasteiger partial charge on any atom is 0.243 e. The number of hydrogen-bond acceptors (Lipinski definition) is 5. The Hall–Kier alpha value is -3.60. The smallest absolute Gasteiger partial charge is 0.243 e. The van der Waals surface area contributed by atoms with Gasteiger partial charge in [-0.2, -0.15) is 0 Å². The average Bonchev–Trinajstić information content (AvgIpc) is 3.52. The van der Waals surface area contributed by atoms with Crippen LogP contribution in [0.25, 0.3) is 0 Å². The van der Waals surface area contributed by atoms with Crippen LogP contribution in [-0.4, -0.2) is 57.0 Å². The van der Waals surface area contributed by atoms with Crippen LogP contribution in [0.3, 0.4) is 0 Å². The Morgan fingerprint density at radius 1 is 0.976 bits per heavy atom. The summed E-state index contributed by atoms with van der Waals surface area (Å²) in [7, 11) is -3.58. The summed E-state index contributed by atoms with van der Waals surface area (Å²) in [5.41, 5.74) is 2.40. The molecule has 0 spiro atoms. The van der Waals surface area contributed by atoms with Gasteiger partial charge in [-0.25, -0.2) is 17.5 Å². The predicted molar refractivity (Wildman–Crippen MR) is 158 cm³/mol. The second-order valence-electron chi connectivity index (χ2n) is 10.4. The molecule has 2 N–H and O–H groups in total. The summed E-state index contributed by atoms with van der Waals surface area (Å²) in [6.45, 7) is 3.16. The highest BCUT2D eigenvalue weighted by Crippen LogP contribution is 2.19. The lowest BCUT2D eigenvalue weighted by molar-refractivity contribution is -0.141. The van der Waals surface area contributed by atoms with E-state index in [4.69, 9.17) is 4.74 Å². The number of aryl methyl sites for hydroxylation is 1. The van der Waals surface area contributed by atoms with Gasteiger partial charge in [0.25, 0.3) is 0 Å². The van der Waals surface area contributed by atoms with Crippen LogP contribution in [0.2, 0.25) is 0 Å². The lowest BCUT2D eigenvalue weighted by Crippen LogP contribution is -2.51. The second kappa shape index (κ2) is 15.0. The topological polar surface area (TPSA) is 105 Å². The molecule has 10 heteroatoms. The number of nitrogens with one attached hydrogen (secondary N) is 2. The molecule has 0 bridgehead atoms. The number of rotatable bonds is 14. The van der Waals surface area contributed by atoms with Crippen LogP contribution in [-0.2, 0) is 43.7 Å². The van der Waals surface area contributed by atoms with E-state index in [1.165, 1.54) is 24.3 Å². The Bertz CT molecular complexity index is 1410. The number of carbonyl (C=O) groups excluding carboxylic acids is 2. The van der Waals surface area contributed by atoms with Gasteiger partial charge in [-0.3, -0.25) is 9.59 Å². The number of hydrogen-bond donors (Lipinski definition) is 2. The van der Waals surface area contributed by atoms with Crippen LogP contribution in [0.4, 0.5) is 4.39 Å². The molecule has 0 saturated carbocycles. The minimum Gasteiger partial charge on any atom is -0.376 e. The van der Waals surface area contributed by atoms with Gasteiger partial charge >= 0.3 is 0 Å². The van der Waals surface area contributed by atoms with E-state index in [-0.39, 0.29) is 48.1 Å². The van der Waals surface area contributed by atoms with Crippen LogP contribution in [0.15, 0.2) is 83.8 Å². The Morgan fingerprint density at radius 3 is 2.31 bits per heavy atom. The first kappa shape index (κ1) is 31.3. The van der Waals surface area contributed by atoms with E-state index in [2.05, 4.69) is 10.0 Å². The number of carbonyl (C=O) groups is 2. The summed E-state index contributed by atoms with van der Waals surface area (Å²) in [6.07, 6.45) is 2.54. The van der Waals surface area contributed by atoms with Crippen LogP contribution >= 0.6 is 0 Å². The van der Waals surface area contributed by atoms with Crippen LogP contribution in [0.1, 0.15) is 42.9 Å². The molecule has 2 atom stereocenters. The van der Waals surface area contributed by atoms with Gasteiger partial charge in [-0.15, -0.1) is 0 Å². The van der Waals surface area contributed by atoms with Gasteiger partial charge < -0.3 is 15.0 Å². The van der Waals surface area contributed by atoms with Crippen molar-refractivity contribution in [3.8, 4) is 0 Å². The molecule has 4 rings (SSSR count). The number of amides is 2. The van der Waals surface area contributed by atoms with Crippen molar-refractivity contribution in [2.45, 2.75) is 62.6 Å². The molecule has 0 unspecified atom stereocenters. The van der Waals surface area contributed by atoms with Crippen molar-refractivity contribution >= 4 is 21.8 Å². The van der Waals surface area contributed by atoms with E-state index in [0.717, 1.165) is 24.0 Å². The highest BCUT2D eigenvalue weighted by Gasteiger charge is 2.31. The van der Waals surface area contributed by atoms with Crippen LogP contribution < -0.4 is 10.0 Å². The number of halogens is 1. The zero-order chi connectivity index (χ0) is 30.0. The van der Waals surface area contributed by atoms with Crippen molar-refractivity contribution < 1.29 is 27.1 Å². The van der Waals surface area contributed by atoms with Gasteiger partial charge in [-0.1, -0.05) is 61.5 Å². The second-order valence-corrected chi connectivity index (χ2v) is 12.1. The molecule has 224 valence electrons. The van der Waals surface area contributed by atoms with Gasteiger partial charge in [0, 0.05) is 39.1 Å². The van der Waals surface area contributed by atoms with Gasteiger partial charge in [0.2, 0.25) is 21.8 Å². The van der Waals surface area contributed by atoms with E-state index in [9.17, 15) is 22.4 Å². The molecule has 0 radical (unpaired) electrons.